The Morgan fingerprint density at radius 2 is 1.20 bits per heavy atom. The van der Waals surface area contributed by atoms with E-state index >= 15 is 0 Å². The van der Waals surface area contributed by atoms with Crippen molar-refractivity contribution < 1.29 is 0 Å². The number of rotatable bonds is 2. The van der Waals surface area contributed by atoms with E-state index in [9.17, 15) is 0 Å². The zero-order valence-electron chi connectivity index (χ0n) is 13.0. The van der Waals surface area contributed by atoms with Crippen LogP contribution in [0.1, 0.15) is 63.5 Å². The SMILES string of the molecule is CC/C1=C2\CCCC\C2=C(/CC)Cc2ccccc2C1. The van der Waals surface area contributed by atoms with E-state index in [1.165, 1.54) is 51.4 Å². The van der Waals surface area contributed by atoms with Crippen molar-refractivity contribution in [3.8, 4) is 0 Å². The Bertz CT molecular complexity index is 506. The molecule has 0 atom stereocenters. The number of benzene rings is 1. The molecule has 0 heterocycles. The van der Waals surface area contributed by atoms with Gasteiger partial charge in [-0.25, -0.2) is 0 Å². The smallest absolute Gasteiger partial charge is 0.00584 e. The van der Waals surface area contributed by atoms with E-state index in [-0.39, 0.29) is 0 Å². The maximum atomic E-state index is 2.34. The topological polar surface area (TPSA) is 0 Å². The Morgan fingerprint density at radius 3 is 1.60 bits per heavy atom. The average molecular weight is 266 g/mol. The van der Waals surface area contributed by atoms with Gasteiger partial charge >= 0.3 is 0 Å². The standard InChI is InChI=1S/C20H26/c1-3-15-13-17-9-5-6-10-18(17)14-16(4-2)20-12-8-7-11-19(15)20/h5-6,9-10H,3-4,7-8,11-14H2,1-2H3/b19-15-,20-16-. The molecule has 1 aromatic rings. The van der Waals surface area contributed by atoms with Gasteiger partial charge in [0, 0.05) is 0 Å². The van der Waals surface area contributed by atoms with Gasteiger partial charge in [-0.05, 0) is 73.6 Å². The lowest BCUT2D eigenvalue weighted by Gasteiger charge is -2.28. The molecule has 1 saturated carbocycles. The van der Waals surface area contributed by atoms with E-state index < -0.39 is 0 Å². The Balaban J connectivity index is 2.16. The van der Waals surface area contributed by atoms with Crippen molar-refractivity contribution in [2.75, 3.05) is 0 Å². The highest BCUT2D eigenvalue weighted by atomic mass is 14.3. The van der Waals surface area contributed by atoms with Gasteiger partial charge in [-0.3, -0.25) is 0 Å². The van der Waals surface area contributed by atoms with Gasteiger partial charge in [0.15, 0.2) is 0 Å². The molecule has 0 amide bonds. The van der Waals surface area contributed by atoms with Gasteiger partial charge in [-0.1, -0.05) is 49.3 Å². The van der Waals surface area contributed by atoms with Gasteiger partial charge in [0.05, 0.1) is 0 Å². The molecular weight excluding hydrogens is 240 g/mol. The molecular formula is C20H26. The highest BCUT2D eigenvalue weighted by Crippen LogP contribution is 2.39. The molecule has 2 aliphatic rings. The van der Waals surface area contributed by atoms with Crippen molar-refractivity contribution in [1.29, 1.82) is 0 Å². The van der Waals surface area contributed by atoms with E-state index in [2.05, 4.69) is 38.1 Å². The minimum Gasteiger partial charge on any atom is -0.0626 e. The summed E-state index contributed by atoms with van der Waals surface area (Å²) in [6.07, 6.45) is 10.2. The van der Waals surface area contributed by atoms with Gasteiger partial charge in [-0.2, -0.15) is 0 Å². The second-order valence-corrected chi connectivity index (χ2v) is 6.20. The molecule has 0 spiro atoms. The fourth-order valence-electron chi connectivity index (χ4n) is 3.94. The summed E-state index contributed by atoms with van der Waals surface area (Å²) in [4.78, 5) is 0. The summed E-state index contributed by atoms with van der Waals surface area (Å²) in [6.45, 7) is 4.68. The highest BCUT2D eigenvalue weighted by Gasteiger charge is 2.21. The van der Waals surface area contributed by atoms with Crippen molar-refractivity contribution in [3.63, 3.8) is 0 Å². The van der Waals surface area contributed by atoms with E-state index in [1.54, 1.807) is 33.4 Å². The summed E-state index contributed by atoms with van der Waals surface area (Å²) >= 11 is 0. The lowest BCUT2D eigenvalue weighted by molar-refractivity contribution is 0.653. The maximum Gasteiger partial charge on any atom is -0.00584 e. The number of allylic oxidation sites excluding steroid dienone is 4. The second kappa shape index (κ2) is 5.99. The predicted molar refractivity (Wildman–Crippen MR) is 87.0 cm³/mol. The molecule has 0 unspecified atom stereocenters. The monoisotopic (exact) mass is 266 g/mol. The second-order valence-electron chi connectivity index (χ2n) is 6.20. The molecule has 2 aliphatic carbocycles. The van der Waals surface area contributed by atoms with Crippen LogP contribution in [-0.2, 0) is 12.8 Å². The van der Waals surface area contributed by atoms with Gasteiger partial charge < -0.3 is 0 Å². The van der Waals surface area contributed by atoms with Gasteiger partial charge in [0.25, 0.3) is 0 Å². The minimum atomic E-state index is 1.18. The largest absolute Gasteiger partial charge is 0.0626 e. The minimum absolute atomic E-state index is 1.18. The number of hydrogen-bond acceptors (Lipinski definition) is 0. The molecule has 20 heavy (non-hydrogen) atoms. The summed E-state index contributed by atoms with van der Waals surface area (Å²) in [5.74, 6) is 0. The summed E-state index contributed by atoms with van der Waals surface area (Å²) in [5.41, 5.74) is 10.0. The van der Waals surface area contributed by atoms with Crippen LogP contribution in [0.5, 0.6) is 0 Å². The van der Waals surface area contributed by atoms with Crippen LogP contribution in [0.25, 0.3) is 0 Å². The Kier molecular flexibility index (Phi) is 4.10. The van der Waals surface area contributed by atoms with Gasteiger partial charge in [0.1, 0.15) is 0 Å². The van der Waals surface area contributed by atoms with E-state index in [4.69, 9.17) is 0 Å². The molecule has 0 aliphatic heterocycles. The molecule has 1 aromatic carbocycles. The summed E-state index contributed by atoms with van der Waals surface area (Å²) in [5, 5.41) is 0. The Morgan fingerprint density at radius 1 is 0.750 bits per heavy atom. The third-order valence-electron chi connectivity index (χ3n) is 5.10. The number of hydrogen-bond donors (Lipinski definition) is 0. The summed E-state index contributed by atoms with van der Waals surface area (Å²) in [6, 6.07) is 9.09. The molecule has 0 radical (unpaired) electrons. The first-order valence-corrected chi connectivity index (χ1v) is 8.32. The first kappa shape index (κ1) is 13.7. The van der Waals surface area contributed by atoms with Crippen LogP contribution in [0.3, 0.4) is 0 Å². The lowest BCUT2D eigenvalue weighted by Crippen LogP contribution is -2.12. The fourth-order valence-corrected chi connectivity index (χ4v) is 3.94. The summed E-state index contributed by atoms with van der Waals surface area (Å²) in [7, 11) is 0. The number of fused-ring (bicyclic) bond motifs is 2. The lowest BCUT2D eigenvalue weighted by atomic mass is 9.77. The van der Waals surface area contributed by atoms with E-state index in [1.807, 2.05) is 0 Å². The molecule has 106 valence electrons. The fraction of sp³-hybridized carbons (Fsp3) is 0.500. The predicted octanol–water partition coefficient (Wildman–Crippen LogP) is 5.77. The van der Waals surface area contributed by atoms with Crippen LogP contribution in [0.4, 0.5) is 0 Å². The first-order chi connectivity index (χ1) is 9.83. The first-order valence-electron chi connectivity index (χ1n) is 8.32. The zero-order valence-corrected chi connectivity index (χ0v) is 13.0. The van der Waals surface area contributed by atoms with Crippen molar-refractivity contribution in [1.82, 2.24) is 0 Å². The van der Waals surface area contributed by atoms with Crippen LogP contribution in [-0.4, -0.2) is 0 Å². The molecule has 0 saturated heterocycles. The maximum absolute atomic E-state index is 2.34. The molecule has 0 heteroatoms. The third-order valence-corrected chi connectivity index (χ3v) is 5.10. The van der Waals surface area contributed by atoms with Crippen LogP contribution in [0.2, 0.25) is 0 Å². The molecule has 0 N–H and O–H groups in total. The van der Waals surface area contributed by atoms with Gasteiger partial charge in [-0.15, -0.1) is 0 Å². The van der Waals surface area contributed by atoms with Crippen molar-refractivity contribution in [3.05, 3.63) is 57.7 Å². The molecule has 1 fully saturated rings. The van der Waals surface area contributed by atoms with Crippen LogP contribution in [0, 0.1) is 0 Å². The highest BCUT2D eigenvalue weighted by molar-refractivity contribution is 5.47. The molecule has 0 bridgehead atoms. The summed E-state index contributed by atoms with van der Waals surface area (Å²) < 4.78 is 0. The van der Waals surface area contributed by atoms with E-state index in [0.29, 0.717) is 0 Å². The van der Waals surface area contributed by atoms with Crippen LogP contribution >= 0.6 is 0 Å². The van der Waals surface area contributed by atoms with Crippen LogP contribution in [0.15, 0.2) is 46.6 Å². The van der Waals surface area contributed by atoms with Crippen molar-refractivity contribution >= 4 is 0 Å². The molecule has 3 rings (SSSR count). The van der Waals surface area contributed by atoms with E-state index in [0.717, 1.165) is 0 Å². The quantitative estimate of drug-likeness (QED) is 0.637. The molecule has 0 aromatic heterocycles. The zero-order chi connectivity index (χ0) is 13.9. The van der Waals surface area contributed by atoms with Crippen LogP contribution < -0.4 is 0 Å². The van der Waals surface area contributed by atoms with Crippen molar-refractivity contribution in [2.45, 2.75) is 65.2 Å². The van der Waals surface area contributed by atoms with Crippen molar-refractivity contribution in [2.24, 2.45) is 0 Å². The average Bonchev–Trinajstić information content (AvgIpc) is 2.49. The molecule has 0 nitrogen and oxygen atoms in total. The Hall–Kier alpha value is -1.30. The third kappa shape index (κ3) is 2.49. The Labute approximate surface area is 123 Å². The normalized spacial score (nSPS) is 26.5. The van der Waals surface area contributed by atoms with Gasteiger partial charge in [0.2, 0.25) is 0 Å².